The first-order chi connectivity index (χ1) is 16.1. The van der Waals surface area contributed by atoms with E-state index in [1.54, 1.807) is 23.5 Å². The van der Waals surface area contributed by atoms with Crippen molar-refractivity contribution in [1.29, 1.82) is 5.26 Å². The molecule has 0 bridgehead atoms. The van der Waals surface area contributed by atoms with Crippen molar-refractivity contribution >= 4 is 29.6 Å². The Labute approximate surface area is 205 Å². The van der Waals surface area contributed by atoms with Gasteiger partial charge in [0.25, 0.3) is 0 Å². The van der Waals surface area contributed by atoms with Gasteiger partial charge in [0.2, 0.25) is 5.88 Å². The first-order valence-corrected chi connectivity index (χ1v) is 13.7. The van der Waals surface area contributed by atoms with E-state index in [0.717, 1.165) is 54.1 Å². The zero-order valence-electron chi connectivity index (χ0n) is 19.4. The van der Waals surface area contributed by atoms with Gasteiger partial charge in [0, 0.05) is 20.9 Å². The fourth-order valence-corrected chi connectivity index (χ4v) is 5.46. The number of nitrogens with zero attached hydrogens (tertiary/aromatic N) is 1. The van der Waals surface area contributed by atoms with Crippen molar-refractivity contribution < 1.29 is 9.64 Å². The van der Waals surface area contributed by atoms with E-state index in [0.29, 0.717) is 5.57 Å². The predicted octanol–water partition coefficient (Wildman–Crippen LogP) is 4.58. The summed E-state index contributed by atoms with van der Waals surface area (Å²) in [6, 6.07) is 19.4. The number of benzene rings is 2. The second-order valence-electron chi connectivity index (χ2n) is 8.35. The van der Waals surface area contributed by atoms with Crippen LogP contribution in [0.1, 0.15) is 30.4 Å². The number of ether oxygens (including phenoxy) is 1. The van der Waals surface area contributed by atoms with Crippen LogP contribution in [0, 0.1) is 11.3 Å². The lowest BCUT2D eigenvalue weighted by Gasteiger charge is -2.36. The molecule has 2 aromatic rings. The molecule has 0 aromatic heterocycles. The Kier molecular flexibility index (Phi) is 7.54. The lowest BCUT2D eigenvalue weighted by molar-refractivity contribution is -0.892. The molecule has 0 amide bonds. The SMILES string of the molecule is CCC[NH+]1CC2=C(OC(N)=C(C#N)[C@@H]2c2ccc(SC)cc2)/C(=C\c2ccc(SC)cc2)C1. The van der Waals surface area contributed by atoms with Crippen molar-refractivity contribution in [3.8, 4) is 6.07 Å². The van der Waals surface area contributed by atoms with Crippen LogP contribution in [-0.4, -0.2) is 32.1 Å². The van der Waals surface area contributed by atoms with Crippen LogP contribution in [0.25, 0.3) is 6.08 Å². The number of rotatable bonds is 6. The van der Waals surface area contributed by atoms with Crippen LogP contribution in [0.4, 0.5) is 0 Å². The molecule has 2 heterocycles. The maximum absolute atomic E-state index is 9.99. The highest BCUT2D eigenvalue weighted by molar-refractivity contribution is 7.98. The molecule has 0 fully saturated rings. The molecule has 2 atom stereocenters. The van der Waals surface area contributed by atoms with Gasteiger partial charge in [-0.3, -0.25) is 0 Å². The van der Waals surface area contributed by atoms with Crippen LogP contribution in [0.3, 0.4) is 0 Å². The third-order valence-corrected chi connectivity index (χ3v) is 7.70. The van der Waals surface area contributed by atoms with Crippen LogP contribution in [0.5, 0.6) is 0 Å². The van der Waals surface area contributed by atoms with Crippen LogP contribution in [-0.2, 0) is 4.74 Å². The number of allylic oxidation sites excluding steroid dienone is 1. The summed E-state index contributed by atoms with van der Waals surface area (Å²) in [6.07, 6.45) is 7.47. The minimum absolute atomic E-state index is 0.177. The molecule has 4 rings (SSSR count). The van der Waals surface area contributed by atoms with Gasteiger partial charge >= 0.3 is 0 Å². The number of nitrogens with one attached hydrogen (secondary N) is 1. The summed E-state index contributed by atoms with van der Waals surface area (Å²) in [5.74, 6) is 0.890. The summed E-state index contributed by atoms with van der Waals surface area (Å²) in [6.45, 7) is 5.01. The summed E-state index contributed by atoms with van der Waals surface area (Å²) >= 11 is 3.45. The number of hydrogen-bond donors (Lipinski definition) is 2. The Balaban J connectivity index is 1.82. The van der Waals surface area contributed by atoms with Gasteiger partial charge in [0.15, 0.2) is 0 Å². The van der Waals surface area contributed by atoms with Gasteiger partial charge in [-0.1, -0.05) is 31.2 Å². The van der Waals surface area contributed by atoms with Crippen LogP contribution >= 0.6 is 23.5 Å². The third-order valence-electron chi connectivity index (χ3n) is 6.21. The highest BCUT2D eigenvalue weighted by Crippen LogP contribution is 2.42. The molecule has 0 spiro atoms. The highest BCUT2D eigenvalue weighted by Gasteiger charge is 2.39. The fraction of sp³-hybridized carbons (Fsp3) is 0.296. The van der Waals surface area contributed by atoms with Crippen molar-refractivity contribution in [2.24, 2.45) is 5.73 Å². The molecule has 2 aliphatic heterocycles. The van der Waals surface area contributed by atoms with Gasteiger partial charge in [0.1, 0.15) is 30.5 Å². The normalized spacial score (nSPS) is 21.6. The van der Waals surface area contributed by atoms with Crippen LogP contribution in [0.2, 0.25) is 0 Å². The Morgan fingerprint density at radius 3 is 2.27 bits per heavy atom. The zero-order valence-corrected chi connectivity index (χ0v) is 21.0. The van der Waals surface area contributed by atoms with E-state index in [1.807, 2.05) is 0 Å². The topological polar surface area (TPSA) is 63.5 Å². The van der Waals surface area contributed by atoms with E-state index < -0.39 is 0 Å². The average Bonchev–Trinajstić information content (AvgIpc) is 2.84. The minimum atomic E-state index is -0.177. The number of nitriles is 1. The molecule has 2 aliphatic rings. The van der Waals surface area contributed by atoms with Crippen LogP contribution in [0.15, 0.2) is 86.7 Å². The second-order valence-corrected chi connectivity index (χ2v) is 10.1. The average molecular weight is 477 g/mol. The first kappa shape index (κ1) is 23.6. The summed E-state index contributed by atoms with van der Waals surface area (Å²) < 4.78 is 6.17. The third kappa shape index (κ3) is 5.01. The van der Waals surface area contributed by atoms with Gasteiger partial charge in [0.05, 0.1) is 12.5 Å². The number of thioether (sulfide) groups is 2. The fourth-order valence-electron chi connectivity index (χ4n) is 4.65. The molecular formula is C27H30N3OS2+. The molecule has 1 unspecified atom stereocenters. The van der Waals surface area contributed by atoms with Gasteiger partial charge in [-0.25, -0.2) is 0 Å². The molecule has 170 valence electrons. The van der Waals surface area contributed by atoms with Gasteiger partial charge in [-0.05, 0) is 60.4 Å². The monoisotopic (exact) mass is 476 g/mol. The number of nitrogens with two attached hydrogens (primary N) is 1. The van der Waals surface area contributed by atoms with Crippen molar-refractivity contribution in [1.82, 2.24) is 0 Å². The molecule has 0 radical (unpaired) electrons. The van der Waals surface area contributed by atoms with E-state index in [9.17, 15) is 5.26 Å². The molecule has 33 heavy (non-hydrogen) atoms. The Morgan fingerprint density at radius 2 is 1.70 bits per heavy atom. The largest absolute Gasteiger partial charge is 0.440 e. The summed E-state index contributed by atoms with van der Waals surface area (Å²) in [4.78, 5) is 3.93. The molecule has 0 aliphatic carbocycles. The van der Waals surface area contributed by atoms with E-state index in [1.165, 1.54) is 14.7 Å². The van der Waals surface area contributed by atoms with Gasteiger partial charge in [-0.2, -0.15) is 5.26 Å². The summed E-state index contributed by atoms with van der Waals surface area (Å²) in [5.41, 5.74) is 11.4. The molecule has 6 heteroatoms. The van der Waals surface area contributed by atoms with Crippen molar-refractivity contribution in [3.05, 3.63) is 88.0 Å². The quantitative estimate of drug-likeness (QED) is 0.598. The molecule has 3 N–H and O–H groups in total. The standard InChI is InChI=1S/C27H29N3OS2/c1-4-13-30-16-20(14-18-5-9-21(32-2)10-6-18)26-24(17-30)25(23(15-28)27(29)31-26)19-7-11-22(33-3)12-8-19/h5-12,14,25H,4,13,16-17,29H2,1-3H3/p+1/b20-14-/t25-/m0/s1. The van der Waals surface area contributed by atoms with E-state index in [4.69, 9.17) is 10.5 Å². The van der Waals surface area contributed by atoms with Gasteiger partial charge in [-0.15, -0.1) is 23.5 Å². The maximum atomic E-state index is 9.99. The van der Waals surface area contributed by atoms with E-state index >= 15 is 0 Å². The smallest absolute Gasteiger partial charge is 0.205 e. The van der Waals surface area contributed by atoms with E-state index in [2.05, 4.69) is 80.1 Å². The second kappa shape index (κ2) is 10.6. The predicted molar refractivity (Wildman–Crippen MR) is 138 cm³/mol. The minimum Gasteiger partial charge on any atom is -0.440 e. The Morgan fingerprint density at radius 1 is 1.06 bits per heavy atom. The van der Waals surface area contributed by atoms with Crippen molar-refractivity contribution in [3.63, 3.8) is 0 Å². The highest BCUT2D eigenvalue weighted by atomic mass is 32.2. The maximum Gasteiger partial charge on any atom is 0.205 e. The molecule has 0 saturated carbocycles. The lowest BCUT2D eigenvalue weighted by Crippen LogP contribution is -3.13. The van der Waals surface area contributed by atoms with Crippen LogP contribution < -0.4 is 10.6 Å². The van der Waals surface area contributed by atoms with E-state index in [-0.39, 0.29) is 11.8 Å². The summed E-state index contributed by atoms with van der Waals surface area (Å²) in [5, 5.41) is 9.99. The molecule has 4 nitrogen and oxygen atoms in total. The number of hydrogen-bond acceptors (Lipinski definition) is 5. The molecule has 2 aromatic carbocycles. The lowest BCUT2D eigenvalue weighted by atomic mass is 9.80. The molecule has 0 saturated heterocycles. The van der Waals surface area contributed by atoms with Gasteiger partial charge < -0.3 is 15.4 Å². The number of quaternary nitrogens is 1. The Hall–Kier alpha value is -2.59. The Bertz CT molecular complexity index is 1140. The zero-order chi connectivity index (χ0) is 23.4. The van der Waals surface area contributed by atoms with Crippen molar-refractivity contribution in [2.75, 3.05) is 32.1 Å². The molecular weight excluding hydrogens is 446 g/mol. The summed E-state index contributed by atoms with van der Waals surface area (Å²) in [7, 11) is 0. The van der Waals surface area contributed by atoms with Crippen molar-refractivity contribution in [2.45, 2.75) is 29.1 Å². The first-order valence-electron chi connectivity index (χ1n) is 11.2.